The van der Waals surface area contributed by atoms with Crippen molar-refractivity contribution < 1.29 is 14.4 Å². The van der Waals surface area contributed by atoms with Crippen molar-refractivity contribution in [2.75, 3.05) is 0 Å². The van der Waals surface area contributed by atoms with Crippen LogP contribution in [0.25, 0.3) is 0 Å². The molecule has 0 bridgehead atoms. The SMILES string of the molecule is C=CCCCCCCCCCC1(CC)C(=O)NC(=O)NC1=O. The largest absolute Gasteiger partial charge is 0.328 e. The van der Waals surface area contributed by atoms with Crippen LogP contribution in [-0.2, 0) is 9.59 Å². The molecule has 22 heavy (non-hydrogen) atoms. The van der Waals surface area contributed by atoms with Crippen LogP contribution in [0, 0.1) is 5.41 Å². The Morgan fingerprint density at radius 3 is 1.91 bits per heavy atom. The normalized spacial score (nSPS) is 17.0. The number of amides is 4. The molecule has 0 aliphatic carbocycles. The Morgan fingerprint density at radius 1 is 0.909 bits per heavy atom. The lowest BCUT2D eigenvalue weighted by Gasteiger charge is -2.33. The Kier molecular flexibility index (Phi) is 7.85. The summed E-state index contributed by atoms with van der Waals surface area (Å²) in [5.74, 6) is -0.902. The summed E-state index contributed by atoms with van der Waals surface area (Å²) in [4.78, 5) is 35.2. The minimum atomic E-state index is -1.07. The van der Waals surface area contributed by atoms with Gasteiger partial charge in [0.2, 0.25) is 11.8 Å². The molecule has 1 aliphatic rings. The number of hydrogen-bond donors (Lipinski definition) is 2. The van der Waals surface area contributed by atoms with Crippen molar-refractivity contribution in [2.24, 2.45) is 5.41 Å². The van der Waals surface area contributed by atoms with Gasteiger partial charge in [-0.25, -0.2) is 4.79 Å². The first-order valence-corrected chi connectivity index (χ1v) is 8.34. The molecule has 0 aromatic rings. The Labute approximate surface area is 132 Å². The summed E-state index contributed by atoms with van der Waals surface area (Å²) in [6.07, 6.45) is 11.8. The third-order valence-electron chi connectivity index (χ3n) is 4.44. The lowest BCUT2D eigenvalue weighted by atomic mass is 9.77. The van der Waals surface area contributed by atoms with Crippen LogP contribution in [-0.4, -0.2) is 17.8 Å². The second kappa shape index (κ2) is 9.38. The molecule has 124 valence electrons. The van der Waals surface area contributed by atoms with E-state index in [-0.39, 0.29) is 0 Å². The number of rotatable bonds is 11. The van der Waals surface area contributed by atoms with E-state index in [0.29, 0.717) is 12.8 Å². The summed E-state index contributed by atoms with van der Waals surface area (Å²) in [5.41, 5.74) is -1.07. The Hall–Kier alpha value is -1.65. The minimum absolute atomic E-state index is 0.416. The van der Waals surface area contributed by atoms with Gasteiger partial charge < -0.3 is 0 Å². The first kappa shape index (κ1) is 18.4. The van der Waals surface area contributed by atoms with E-state index >= 15 is 0 Å². The highest BCUT2D eigenvalue weighted by atomic mass is 16.2. The van der Waals surface area contributed by atoms with E-state index in [4.69, 9.17) is 0 Å². The topological polar surface area (TPSA) is 75.3 Å². The van der Waals surface area contributed by atoms with E-state index in [1.165, 1.54) is 25.7 Å². The number of hydrogen-bond acceptors (Lipinski definition) is 3. The van der Waals surface area contributed by atoms with E-state index < -0.39 is 23.3 Å². The van der Waals surface area contributed by atoms with Gasteiger partial charge in [0.1, 0.15) is 5.41 Å². The first-order valence-electron chi connectivity index (χ1n) is 8.34. The number of allylic oxidation sites excluding steroid dienone is 1. The molecule has 0 aromatic heterocycles. The molecule has 4 amide bonds. The second-order valence-corrected chi connectivity index (χ2v) is 5.98. The Morgan fingerprint density at radius 2 is 1.41 bits per heavy atom. The molecule has 5 nitrogen and oxygen atoms in total. The highest BCUT2D eigenvalue weighted by Gasteiger charge is 2.48. The Bertz CT molecular complexity index is 398. The molecule has 0 unspecified atom stereocenters. The van der Waals surface area contributed by atoms with Gasteiger partial charge in [0.05, 0.1) is 0 Å². The van der Waals surface area contributed by atoms with Gasteiger partial charge in [0.25, 0.3) is 0 Å². The molecule has 0 radical (unpaired) electrons. The second-order valence-electron chi connectivity index (χ2n) is 5.98. The number of barbiturate groups is 1. The summed E-state index contributed by atoms with van der Waals surface area (Å²) in [5, 5.41) is 4.43. The van der Waals surface area contributed by atoms with Crippen molar-refractivity contribution in [1.82, 2.24) is 10.6 Å². The van der Waals surface area contributed by atoms with Gasteiger partial charge in [0, 0.05) is 0 Å². The highest BCUT2D eigenvalue weighted by molar-refractivity contribution is 6.19. The third kappa shape index (κ3) is 4.97. The van der Waals surface area contributed by atoms with Crippen LogP contribution < -0.4 is 10.6 Å². The standard InChI is InChI=1S/C17H28N2O3/c1-3-5-6-7-8-9-10-11-12-13-17(4-2)14(20)18-16(22)19-15(17)21/h3H,1,4-13H2,2H3,(H2,18,19,20,21,22). The van der Waals surface area contributed by atoms with Gasteiger partial charge in [-0.2, -0.15) is 0 Å². The lowest BCUT2D eigenvalue weighted by Crippen LogP contribution is -2.62. The average Bonchev–Trinajstić information content (AvgIpc) is 2.48. The number of unbranched alkanes of at least 4 members (excludes halogenated alkanes) is 7. The van der Waals surface area contributed by atoms with E-state index in [9.17, 15) is 14.4 Å². The van der Waals surface area contributed by atoms with E-state index in [1.807, 2.05) is 13.0 Å². The first-order chi connectivity index (χ1) is 10.6. The predicted octanol–water partition coefficient (Wildman–Crippen LogP) is 3.45. The number of urea groups is 1. The molecule has 0 spiro atoms. The third-order valence-corrected chi connectivity index (χ3v) is 4.44. The summed E-state index contributed by atoms with van der Waals surface area (Å²) < 4.78 is 0. The smallest absolute Gasteiger partial charge is 0.277 e. The fourth-order valence-electron chi connectivity index (χ4n) is 2.90. The van der Waals surface area contributed by atoms with Gasteiger partial charge in [0.15, 0.2) is 0 Å². The van der Waals surface area contributed by atoms with Crippen LogP contribution in [0.3, 0.4) is 0 Å². The molecule has 1 rings (SSSR count). The molecule has 1 heterocycles. The zero-order chi connectivity index (χ0) is 16.4. The van der Waals surface area contributed by atoms with E-state index in [1.54, 1.807) is 0 Å². The summed E-state index contributed by atoms with van der Waals surface area (Å²) >= 11 is 0. The van der Waals surface area contributed by atoms with Crippen LogP contribution >= 0.6 is 0 Å². The summed E-state index contributed by atoms with van der Waals surface area (Å²) in [6.45, 7) is 5.52. The van der Waals surface area contributed by atoms with Crippen LogP contribution in [0.4, 0.5) is 4.79 Å². The maximum atomic E-state index is 12.0. The molecular formula is C17H28N2O3. The highest BCUT2D eigenvalue weighted by Crippen LogP contribution is 2.31. The molecular weight excluding hydrogens is 280 g/mol. The maximum Gasteiger partial charge on any atom is 0.328 e. The van der Waals surface area contributed by atoms with Crippen LogP contribution in [0.2, 0.25) is 0 Å². The zero-order valence-corrected chi connectivity index (χ0v) is 13.6. The van der Waals surface area contributed by atoms with Gasteiger partial charge in [-0.15, -0.1) is 6.58 Å². The maximum absolute atomic E-state index is 12.0. The average molecular weight is 308 g/mol. The predicted molar refractivity (Wildman–Crippen MR) is 86.2 cm³/mol. The fourth-order valence-corrected chi connectivity index (χ4v) is 2.90. The minimum Gasteiger partial charge on any atom is -0.277 e. The van der Waals surface area contributed by atoms with Gasteiger partial charge in [-0.1, -0.05) is 51.5 Å². The number of carbonyl (C=O) groups excluding carboxylic acids is 3. The summed E-state index contributed by atoms with van der Waals surface area (Å²) in [6, 6.07) is -0.710. The zero-order valence-electron chi connectivity index (χ0n) is 13.6. The van der Waals surface area contributed by atoms with Crippen molar-refractivity contribution in [3.05, 3.63) is 12.7 Å². The quantitative estimate of drug-likeness (QED) is 0.349. The van der Waals surface area contributed by atoms with Crippen molar-refractivity contribution in [3.8, 4) is 0 Å². The number of imide groups is 2. The molecule has 0 saturated carbocycles. The van der Waals surface area contributed by atoms with E-state index in [2.05, 4.69) is 17.2 Å². The van der Waals surface area contributed by atoms with Crippen molar-refractivity contribution in [3.63, 3.8) is 0 Å². The monoisotopic (exact) mass is 308 g/mol. The Balaban J connectivity index is 2.26. The van der Waals surface area contributed by atoms with Crippen LogP contribution in [0.1, 0.15) is 71.1 Å². The van der Waals surface area contributed by atoms with Crippen molar-refractivity contribution >= 4 is 17.8 Å². The van der Waals surface area contributed by atoms with Gasteiger partial charge in [-0.05, 0) is 25.7 Å². The number of nitrogens with one attached hydrogen (secondary N) is 2. The van der Waals surface area contributed by atoms with E-state index in [0.717, 1.165) is 25.7 Å². The molecule has 1 aliphatic heterocycles. The molecule has 1 saturated heterocycles. The van der Waals surface area contributed by atoms with Gasteiger partial charge in [-0.3, -0.25) is 20.2 Å². The molecule has 0 atom stereocenters. The van der Waals surface area contributed by atoms with Crippen molar-refractivity contribution in [1.29, 1.82) is 0 Å². The molecule has 1 fully saturated rings. The van der Waals surface area contributed by atoms with Gasteiger partial charge >= 0.3 is 6.03 Å². The molecule has 0 aromatic carbocycles. The van der Waals surface area contributed by atoms with Crippen LogP contribution in [0.15, 0.2) is 12.7 Å². The van der Waals surface area contributed by atoms with Crippen molar-refractivity contribution in [2.45, 2.75) is 71.1 Å². The lowest BCUT2D eigenvalue weighted by molar-refractivity contribution is -0.145. The fraction of sp³-hybridized carbons (Fsp3) is 0.706. The number of carbonyl (C=O) groups is 3. The van der Waals surface area contributed by atoms with Crippen LogP contribution in [0.5, 0.6) is 0 Å². The molecule has 5 heteroatoms. The summed E-state index contributed by atoms with van der Waals surface area (Å²) in [7, 11) is 0. The molecule has 2 N–H and O–H groups in total.